The van der Waals surface area contributed by atoms with Gasteiger partial charge < -0.3 is 4.74 Å². The zero-order valence-electron chi connectivity index (χ0n) is 8.61. The molecule has 0 unspecified atom stereocenters. The predicted molar refractivity (Wildman–Crippen MR) is 59.2 cm³/mol. The first-order valence-electron chi connectivity index (χ1n) is 5.29. The van der Waals surface area contributed by atoms with Gasteiger partial charge in [0.25, 0.3) is 0 Å². The Bertz CT molecular complexity index is 365. The molecule has 0 radical (unpaired) electrons. The third-order valence-electron chi connectivity index (χ3n) is 2.48. The number of hydrogen-bond acceptors (Lipinski definition) is 2. The van der Waals surface area contributed by atoms with Crippen LogP contribution in [-0.2, 0) is 9.53 Å². The molecular weight excluding hydrogens is 188 g/mol. The van der Waals surface area contributed by atoms with Crippen LogP contribution in [0.15, 0.2) is 35.9 Å². The summed E-state index contributed by atoms with van der Waals surface area (Å²) in [6.07, 6.45) is 4.75. The van der Waals surface area contributed by atoms with E-state index in [1.807, 2.05) is 36.4 Å². The van der Waals surface area contributed by atoms with Crippen molar-refractivity contribution in [3.63, 3.8) is 0 Å². The summed E-state index contributed by atoms with van der Waals surface area (Å²) < 4.78 is 5.08. The first-order valence-corrected chi connectivity index (χ1v) is 5.29. The molecule has 0 bridgehead atoms. The molecule has 1 aliphatic heterocycles. The molecule has 0 aromatic heterocycles. The van der Waals surface area contributed by atoms with Crippen LogP contribution in [0, 0.1) is 0 Å². The van der Waals surface area contributed by atoms with Crippen LogP contribution in [0.25, 0.3) is 6.08 Å². The lowest BCUT2D eigenvalue weighted by Crippen LogP contribution is -2.04. The summed E-state index contributed by atoms with van der Waals surface area (Å²) in [7, 11) is 0. The van der Waals surface area contributed by atoms with Gasteiger partial charge in [0, 0.05) is 5.57 Å². The van der Waals surface area contributed by atoms with Crippen molar-refractivity contribution >= 4 is 12.0 Å². The van der Waals surface area contributed by atoms with Crippen molar-refractivity contribution in [2.75, 3.05) is 6.61 Å². The molecular formula is C13H14O2. The van der Waals surface area contributed by atoms with Gasteiger partial charge in [-0.2, -0.15) is 0 Å². The van der Waals surface area contributed by atoms with Crippen molar-refractivity contribution in [2.45, 2.75) is 19.3 Å². The van der Waals surface area contributed by atoms with E-state index in [1.54, 1.807) is 0 Å². The maximum absolute atomic E-state index is 11.5. The second-order valence-corrected chi connectivity index (χ2v) is 3.67. The first kappa shape index (κ1) is 9.97. The minimum atomic E-state index is -0.156. The minimum Gasteiger partial charge on any atom is -0.462 e. The van der Waals surface area contributed by atoms with E-state index >= 15 is 0 Å². The van der Waals surface area contributed by atoms with E-state index in [0.717, 1.165) is 30.4 Å². The molecule has 0 amide bonds. The average molecular weight is 202 g/mol. The smallest absolute Gasteiger partial charge is 0.334 e. The molecule has 0 saturated carbocycles. The number of carbonyl (C=O) groups is 1. The summed E-state index contributed by atoms with van der Waals surface area (Å²) in [5.41, 5.74) is 1.85. The molecule has 1 aliphatic rings. The number of hydrogen-bond donors (Lipinski definition) is 0. The van der Waals surface area contributed by atoms with Crippen LogP contribution in [0.5, 0.6) is 0 Å². The molecule has 1 aromatic rings. The maximum Gasteiger partial charge on any atom is 0.334 e. The van der Waals surface area contributed by atoms with Crippen molar-refractivity contribution in [3.05, 3.63) is 41.5 Å². The van der Waals surface area contributed by atoms with Gasteiger partial charge in [-0.25, -0.2) is 4.79 Å². The van der Waals surface area contributed by atoms with Crippen LogP contribution >= 0.6 is 0 Å². The van der Waals surface area contributed by atoms with Crippen LogP contribution in [0.4, 0.5) is 0 Å². The van der Waals surface area contributed by atoms with Gasteiger partial charge in [-0.3, -0.25) is 0 Å². The lowest BCUT2D eigenvalue weighted by molar-refractivity contribution is -0.138. The number of cyclic esters (lactones) is 1. The summed E-state index contributed by atoms with van der Waals surface area (Å²) in [5, 5.41) is 0. The summed E-state index contributed by atoms with van der Waals surface area (Å²) in [6, 6.07) is 9.88. The highest BCUT2D eigenvalue weighted by Crippen LogP contribution is 2.17. The Morgan fingerprint density at radius 2 is 1.93 bits per heavy atom. The molecule has 1 saturated heterocycles. The zero-order valence-corrected chi connectivity index (χ0v) is 8.61. The van der Waals surface area contributed by atoms with Crippen LogP contribution < -0.4 is 0 Å². The molecule has 0 N–H and O–H groups in total. The van der Waals surface area contributed by atoms with Gasteiger partial charge in [-0.15, -0.1) is 0 Å². The fourth-order valence-electron chi connectivity index (χ4n) is 1.66. The van der Waals surface area contributed by atoms with E-state index in [1.165, 1.54) is 0 Å². The lowest BCUT2D eigenvalue weighted by atomic mass is 10.1. The Kier molecular flexibility index (Phi) is 3.18. The largest absolute Gasteiger partial charge is 0.462 e. The third-order valence-corrected chi connectivity index (χ3v) is 2.48. The first-order chi connectivity index (χ1) is 7.36. The molecule has 2 nitrogen and oxygen atoms in total. The van der Waals surface area contributed by atoms with Crippen LogP contribution in [-0.4, -0.2) is 12.6 Å². The standard InChI is InChI=1S/C13H14O2/c14-13-12(8-4-5-9-15-13)10-11-6-2-1-3-7-11/h1-3,6-7,10H,4-5,8-9H2. The monoisotopic (exact) mass is 202 g/mol. The van der Waals surface area contributed by atoms with Crippen molar-refractivity contribution in [2.24, 2.45) is 0 Å². The summed E-state index contributed by atoms with van der Waals surface area (Å²) >= 11 is 0. The highest BCUT2D eigenvalue weighted by Gasteiger charge is 2.14. The Hall–Kier alpha value is -1.57. The van der Waals surface area contributed by atoms with E-state index in [2.05, 4.69) is 0 Å². The van der Waals surface area contributed by atoms with E-state index < -0.39 is 0 Å². The predicted octanol–water partition coefficient (Wildman–Crippen LogP) is 2.80. The Morgan fingerprint density at radius 3 is 2.73 bits per heavy atom. The second-order valence-electron chi connectivity index (χ2n) is 3.67. The SMILES string of the molecule is O=C1OCCCCC1=Cc1ccccc1. The summed E-state index contributed by atoms with van der Waals surface area (Å²) in [6.45, 7) is 0.560. The van der Waals surface area contributed by atoms with E-state index in [9.17, 15) is 4.79 Å². The van der Waals surface area contributed by atoms with Crippen molar-refractivity contribution in [1.82, 2.24) is 0 Å². The lowest BCUT2D eigenvalue weighted by Gasteiger charge is -2.01. The third kappa shape index (κ3) is 2.69. The topological polar surface area (TPSA) is 26.3 Å². The van der Waals surface area contributed by atoms with E-state index in [4.69, 9.17) is 4.74 Å². The van der Waals surface area contributed by atoms with Gasteiger partial charge in [0.05, 0.1) is 6.61 Å². The van der Waals surface area contributed by atoms with Crippen molar-refractivity contribution in [3.8, 4) is 0 Å². The average Bonchev–Trinajstić information content (AvgIpc) is 2.46. The number of rotatable bonds is 1. The Morgan fingerprint density at radius 1 is 1.13 bits per heavy atom. The van der Waals surface area contributed by atoms with Gasteiger partial charge in [0.2, 0.25) is 0 Å². The van der Waals surface area contributed by atoms with Crippen molar-refractivity contribution < 1.29 is 9.53 Å². The summed E-state index contributed by atoms with van der Waals surface area (Å²) in [5.74, 6) is -0.156. The molecule has 0 spiro atoms. The normalized spacial score (nSPS) is 19.7. The Balaban J connectivity index is 2.20. The molecule has 0 aliphatic carbocycles. The summed E-state index contributed by atoms with van der Waals surface area (Å²) in [4.78, 5) is 11.5. The van der Waals surface area contributed by atoms with Gasteiger partial charge >= 0.3 is 5.97 Å². The molecule has 1 aromatic carbocycles. The highest BCUT2D eigenvalue weighted by atomic mass is 16.5. The van der Waals surface area contributed by atoms with Crippen LogP contribution in [0.3, 0.4) is 0 Å². The molecule has 78 valence electrons. The van der Waals surface area contributed by atoms with E-state index in [0.29, 0.717) is 6.61 Å². The van der Waals surface area contributed by atoms with Crippen LogP contribution in [0.2, 0.25) is 0 Å². The zero-order chi connectivity index (χ0) is 10.5. The van der Waals surface area contributed by atoms with Gasteiger partial charge in [0.1, 0.15) is 0 Å². The number of benzene rings is 1. The van der Waals surface area contributed by atoms with Crippen LogP contribution in [0.1, 0.15) is 24.8 Å². The van der Waals surface area contributed by atoms with E-state index in [-0.39, 0.29) is 5.97 Å². The number of carbonyl (C=O) groups excluding carboxylic acids is 1. The molecule has 1 heterocycles. The minimum absolute atomic E-state index is 0.156. The highest BCUT2D eigenvalue weighted by molar-refractivity contribution is 5.93. The molecule has 2 heteroatoms. The van der Waals surface area contributed by atoms with Gasteiger partial charge in [0.15, 0.2) is 0 Å². The molecule has 2 rings (SSSR count). The molecule has 1 fully saturated rings. The number of esters is 1. The molecule has 15 heavy (non-hydrogen) atoms. The van der Waals surface area contributed by atoms with Gasteiger partial charge in [-0.05, 0) is 30.9 Å². The fraction of sp³-hybridized carbons (Fsp3) is 0.308. The van der Waals surface area contributed by atoms with Crippen molar-refractivity contribution in [1.29, 1.82) is 0 Å². The number of ether oxygens (including phenoxy) is 1. The maximum atomic E-state index is 11.5. The molecule has 0 atom stereocenters. The quantitative estimate of drug-likeness (QED) is 0.517. The van der Waals surface area contributed by atoms with Gasteiger partial charge in [-0.1, -0.05) is 30.3 Å². The Labute approximate surface area is 89.6 Å². The fourth-order valence-corrected chi connectivity index (χ4v) is 1.66. The second kappa shape index (κ2) is 4.78.